The number of aliphatic carboxylic acids is 1. The van der Waals surface area contributed by atoms with Gasteiger partial charge in [0.1, 0.15) is 0 Å². The van der Waals surface area contributed by atoms with E-state index >= 15 is 0 Å². The maximum absolute atomic E-state index is 13.0. The van der Waals surface area contributed by atoms with Crippen LogP contribution in [0, 0.1) is 29.1 Å². The lowest BCUT2D eigenvalue weighted by atomic mass is 10.1. The van der Waals surface area contributed by atoms with E-state index in [-0.39, 0.29) is 0 Å². The predicted octanol–water partition coefficient (Wildman–Crippen LogP) is 2.48. The van der Waals surface area contributed by atoms with Crippen molar-refractivity contribution in [1.29, 1.82) is 0 Å². The number of carbonyl (C=O) groups is 1. The Hall–Kier alpha value is -1.92. The third-order valence-corrected chi connectivity index (χ3v) is 1.77. The van der Waals surface area contributed by atoms with Gasteiger partial charge in [-0.05, 0) is 0 Å². The van der Waals surface area contributed by atoms with E-state index in [1.54, 1.807) is 0 Å². The summed E-state index contributed by atoms with van der Waals surface area (Å²) in [5, 5.41) is 8.36. The van der Waals surface area contributed by atoms with Gasteiger partial charge in [-0.3, -0.25) is 0 Å². The molecule has 0 saturated heterocycles. The fraction of sp³-hybridized carbons (Fsp3) is 0. The van der Waals surface area contributed by atoms with Gasteiger partial charge in [-0.15, -0.1) is 0 Å². The van der Waals surface area contributed by atoms with E-state index in [0.29, 0.717) is 0 Å². The molecule has 0 bridgehead atoms. The van der Waals surface area contributed by atoms with Crippen molar-refractivity contribution in [2.45, 2.75) is 0 Å². The van der Waals surface area contributed by atoms with Gasteiger partial charge in [-0.1, -0.05) is 6.58 Å². The highest BCUT2D eigenvalue weighted by atomic mass is 19.2. The van der Waals surface area contributed by atoms with Crippen LogP contribution in [-0.4, -0.2) is 11.1 Å². The quantitative estimate of drug-likeness (QED) is 0.372. The highest BCUT2D eigenvalue weighted by Gasteiger charge is 2.28. The minimum atomic E-state index is -2.35. The Kier molecular flexibility index (Phi) is 2.97. The molecule has 0 saturated carbocycles. The molecule has 0 aromatic heterocycles. The van der Waals surface area contributed by atoms with Crippen LogP contribution in [-0.2, 0) is 4.79 Å². The van der Waals surface area contributed by atoms with Crippen LogP contribution in [0.1, 0.15) is 5.56 Å². The van der Waals surface area contributed by atoms with Crippen LogP contribution < -0.4 is 0 Å². The Morgan fingerprint density at radius 3 is 1.50 bits per heavy atom. The highest BCUT2D eigenvalue weighted by Crippen LogP contribution is 2.27. The first-order chi connectivity index (χ1) is 7.29. The zero-order chi connectivity index (χ0) is 12.6. The Morgan fingerprint density at radius 2 is 1.19 bits per heavy atom. The van der Waals surface area contributed by atoms with Crippen LogP contribution in [0.15, 0.2) is 6.58 Å². The van der Waals surface area contributed by atoms with Gasteiger partial charge in [0.25, 0.3) is 0 Å². The molecule has 0 aliphatic carbocycles. The van der Waals surface area contributed by atoms with Gasteiger partial charge < -0.3 is 5.11 Å². The fourth-order valence-electron chi connectivity index (χ4n) is 0.977. The van der Waals surface area contributed by atoms with Crippen LogP contribution in [0.2, 0.25) is 0 Å². The van der Waals surface area contributed by atoms with Crippen molar-refractivity contribution in [2.75, 3.05) is 0 Å². The molecule has 0 atom stereocenters. The van der Waals surface area contributed by atoms with Crippen LogP contribution in [0.25, 0.3) is 5.57 Å². The molecule has 1 aromatic carbocycles. The summed E-state index contributed by atoms with van der Waals surface area (Å²) in [5.41, 5.74) is -2.75. The summed E-state index contributed by atoms with van der Waals surface area (Å²) in [5.74, 6) is -13.1. The summed E-state index contributed by atoms with van der Waals surface area (Å²) in [6.45, 7) is 2.72. The summed E-state index contributed by atoms with van der Waals surface area (Å²) in [6, 6.07) is 0. The largest absolute Gasteiger partial charge is 0.478 e. The van der Waals surface area contributed by atoms with Crippen LogP contribution >= 0.6 is 0 Å². The molecular weight excluding hydrogens is 235 g/mol. The zero-order valence-corrected chi connectivity index (χ0v) is 7.45. The molecule has 86 valence electrons. The average molecular weight is 238 g/mol. The molecule has 2 nitrogen and oxygen atoms in total. The lowest BCUT2D eigenvalue weighted by molar-refractivity contribution is -0.130. The number of hydrogen-bond donors (Lipinski definition) is 1. The van der Waals surface area contributed by atoms with Crippen molar-refractivity contribution in [1.82, 2.24) is 0 Å². The van der Waals surface area contributed by atoms with Crippen LogP contribution in [0.3, 0.4) is 0 Å². The van der Waals surface area contributed by atoms with E-state index in [1.807, 2.05) is 0 Å². The second-order valence-corrected chi connectivity index (χ2v) is 2.73. The van der Waals surface area contributed by atoms with Crippen molar-refractivity contribution < 1.29 is 31.9 Å². The molecule has 0 aliphatic heterocycles. The molecule has 0 aliphatic rings. The standard InChI is InChI=1S/C9H3F5O2/c1-2(9(15)16)3-4(10)6(12)8(14)7(13)5(3)11/h1H2,(H,15,16). The molecule has 0 spiro atoms. The van der Waals surface area contributed by atoms with Gasteiger partial charge in [0.15, 0.2) is 23.3 Å². The minimum absolute atomic E-state index is 1.22. The molecule has 7 heteroatoms. The van der Waals surface area contributed by atoms with Crippen molar-refractivity contribution >= 4 is 11.5 Å². The second kappa shape index (κ2) is 3.92. The molecule has 0 heterocycles. The smallest absolute Gasteiger partial charge is 0.335 e. The van der Waals surface area contributed by atoms with E-state index in [4.69, 9.17) is 5.11 Å². The summed E-state index contributed by atoms with van der Waals surface area (Å²) >= 11 is 0. The van der Waals surface area contributed by atoms with Gasteiger partial charge in [-0.25, -0.2) is 26.7 Å². The van der Waals surface area contributed by atoms with Crippen molar-refractivity contribution in [3.8, 4) is 0 Å². The topological polar surface area (TPSA) is 37.3 Å². The van der Waals surface area contributed by atoms with Gasteiger partial charge in [0.05, 0.1) is 11.1 Å². The van der Waals surface area contributed by atoms with E-state index in [1.165, 1.54) is 0 Å². The Balaban J connectivity index is 3.64. The lowest BCUT2D eigenvalue weighted by Crippen LogP contribution is -2.10. The second-order valence-electron chi connectivity index (χ2n) is 2.73. The molecule has 0 unspecified atom stereocenters. The highest BCUT2D eigenvalue weighted by molar-refractivity contribution is 6.14. The van der Waals surface area contributed by atoms with Crippen molar-refractivity contribution in [3.63, 3.8) is 0 Å². The lowest BCUT2D eigenvalue weighted by Gasteiger charge is -2.07. The monoisotopic (exact) mass is 238 g/mol. The van der Waals surface area contributed by atoms with E-state index < -0.39 is 46.2 Å². The summed E-state index contributed by atoms with van der Waals surface area (Å²) in [7, 11) is 0. The maximum atomic E-state index is 13.0. The molecule has 1 N–H and O–H groups in total. The van der Waals surface area contributed by atoms with Crippen LogP contribution in [0.4, 0.5) is 22.0 Å². The number of carboxylic acids is 1. The fourth-order valence-corrected chi connectivity index (χ4v) is 0.977. The molecule has 1 rings (SSSR count). The third kappa shape index (κ3) is 1.64. The maximum Gasteiger partial charge on any atom is 0.335 e. The Morgan fingerprint density at radius 1 is 0.875 bits per heavy atom. The van der Waals surface area contributed by atoms with E-state index in [2.05, 4.69) is 6.58 Å². The number of rotatable bonds is 2. The van der Waals surface area contributed by atoms with Gasteiger partial charge >= 0.3 is 5.97 Å². The summed E-state index contributed by atoms with van der Waals surface area (Å²) in [6.07, 6.45) is 0. The molecule has 16 heavy (non-hydrogen) atoms. The SMILES string of the molecule is C=C(C(=O)O)c1c(F)c(F)c(F)c(F)c1F. The van der Waals surface area contributed by atoms with Gasteiger partial charge in [0.2, 0.25) is 5.82 Å². The van der Waals surface area contributed by atoms with Crippen molar-refractivity contribution in [3.05, 3.63) is 41.2 Å². The number of halogens is 5. The van der Waals surface area contributed by atoms with Crippen molar-refractivity contribution in [2.24, 2.45) is 0 Å². The first kappa shape index (κ1) is 12.2. The normalized spacial score (nSPS) is 10.3. The number of hydrogen-bond acceptors (Lipinski definition) is 1. The number of carboxylic acid groups (broad SMARTS) is 1. The minimum Gasteiger partial charge on any atom is -0.478 e. The average Bonchev–Trinajstić information content (AvgIpc) is 2.23. The zero-order valence-electron chi connectivity index (χ0n) is 7.45. The molecule has 0 amide bonds. The summed E-state index contributed by atoms with van der Waals surface area (Å²) < 4.78 is 63.8. The third-order valence-electron chi connectivity index (χ3n) is 1.77. The molecule has 1 aromatic rings. The first-order valence-electron chi connectivity index (χ1n) is 3.73. The van der Waals surface area contributed by atoms with E-state index in [0.717, 1.165) is 0 Å². The molecule has 0 radical (unpaired) electrons. The van der Waals surface area contributed by atoms with Crippen LogP contribution in [0.5, 0.6) is 0 Å². The Bertz CT molecular complexity index is 466. The van der Waals surface area contributed by atoms with Gasteiger partial charge in [-0.2, -0.15) is 0 Å². The number of benzene rings is 1. The molecule has 0 fully saturated rings. The molecular formula is C9H3F5O2. The Labute approximate surface area is 85.6 Å². The predicted molar refractivity (Wildman–Crippen MR) is 42.9 cm³/mol. The van der Waals surface area contributed by atoms with Gasteiger partial charge in [0, 0.05) is 0 Å². The van der Waals surface area contributed by atoms with E-state index in [9.17, 15) is 26.7 Å². The first-order valence-corrected chi connectivity index (χ1v) is 3.73. The summed E-state index contributed by atoms with van der Waals surface area (Å²) in [4.78, 5) is 10.3.